The third-order valence-corrected chi connectivity index (χ3v) is 2.33. The maximum absolute atomic E-state index is 12.7. The first-order valence-electron chi connectivity index (χ1n) is 4.61. The number of halogens is 3. The number of carbonyl (C=O) groups excluding carboxylic acids is 1. The second-order valence-corrected chi connectivity index (χ2v) is 3.31. The molecule has 0 radical (unpaired) electrons. The van der Waals surface area contributed by atoms with Gasteiger partial charge in [0, 0.05) is 5.39 Å². The Morgan fingerprint density at radius 2 is 2.00 bits per heavy atom. The highest BCUT2D eigenvalue weighted by atomic mass is 19.4. The molecule has 0 N–H and O–H groups in total. The van der Waals surface area contributed by atoms with E-state index in [4.69, 9.17) is 4.42 Å². The molecule has 2 aromatic rings. The highest BCUT2D eigenvalue weighted by Crippen LogP contribution is 2.36. The number of alkyl halides is 3. The molecular weight excluding hydrogens is 237 g/mol. The van der Waals surface area contributed by atoms with Gasteiger partial charge in [0.05, 0.1) is 18.9 Å². The zero-order valence-corrected chi connectivity index (χ0v) is 8.67. The number of hydrogen-bond donors (Lipinski definition) is 0. The summed E-state index contributed by atoms with van der Waals surface area (Å²) in [5.74, 6) is -0.737. The van der Waals surface area contributed by atoms with Gasteiger partial charge in [0.25, 0.3) is 0 Å². The maximum atomic E-state index is 12.7. The molecule has 0 saturated heterocycles. The van der Waals surface area contributed by atoms with Gasteiger partial charge in [-0.25, -0.2) is 4.79 Å². The van der Waals surface area contributed by atoms with Crippen molar-refractivity contribution in [2.24, 2.45) is 0 Å². The summed E-state index contributed by atoms with van der Waals surface area (Å²) in [7, 11) is 1.15. The molecule has 17 heavy (non-hydrogen) atoms. The minimum absolute atomic E-state index is 0.0273. The Morgan fingerprint density at radius 3 is 2.59 bits per heavy atom. The molecule has 1 aromatic carbocycles. The van der Waals surface area contributed by atoms with E-state index in [1.807, 2.05) is 0 Å². The monoisotopic (exact) mass is 244 g/mol. The van der Waals surface area contributed by atoms with Crippen LogP contribution in [0.4, 0.5) is 13.2 Å². The number of benzene rings is 1. The molecule has 0 atom stereocenters. The number of furan rings is 1. The first kappa shape index (κ1) is 11.5. The Balaban J connectivity index is 2.71. The van der Waals surface area contributed by atoms with Gasteiger partial charge >= 0.3 is 12.1 Å². The normalized spacial score (nSPS) is 11.8. The Morgan fingerprint density at radius 1 is 1.29 bits per heavy atom. The highest BCUT2D eigenvalue weighted by Gasteiger charge is 2.34. The fraction of sp³-hybridized carbons (Fsp3) is 0.182. The van der Waals surface area contributed by atoms with Crippen molar-refractivity contribution in [1.82, 2.24) is 0 Å². The van der Waals surface area contributed by atoms with Crippen LogP contribution in [0.2, 0.25) is 0 Å². The average Bonchev–Trinajstić information content (AvgIpc) is 2.73. The third kappa shape index (κ3) is 1.86. The van der Waals surface area contributed by atoms with Gasteiger partial charge < -0.3 is 9.15 Å². The van der Waals surface area contributed by atoms with Crippen molar-refractivity contribution in [3.63, 3.8) is 0 Å². The maximum Gasteiger partial charge on any atom is 0.417 e. The van der Waals surface area contributed by atoms with Crippen molar-refractivity contribution in [2.45, 2.75) is 6.18 Å². The van der Waals surface area contributed by atoms with Gasteiger partial charge in [0.2, 0.25) is 0 Å². The molecule has 3 nitrogen and oxygen atoms in total. The molecule has 0 spiro atoms. The van der Waals surface area contributed by atoms with Crippen molar-refractivity contribution in [1.29, 1.82) is 0 Å². The van der Waals surface area contributed by atoms with E-state index in [1.54, 1.807) is 0 Å². The Kier molecular flexibility index (Phi) is 2.57. The molecule has 0 aliphatic carbocycles. The molecule has 1 heterocycles. The van der Waals surface area contributed by atoms with Crippen LogP contribution in [-0.4, -0.2) is 13.1 Å². The molecule has 1 aromatic heterocycles. The molecule has 2 rings (SSSR count). The molecular formula is C11H7F3O3. The second kappa shape index (κ2) is 3.80. The first-order chi connectivity index (χ1) is 7.95. The topological polar surface area (TPSA) is 39.4 Å². The molecule has 0 aliphatic rings. The fourth-order valence-electron chi connectivity index (χ4n) is 1.58. The highest BCUT2D eigenvalue weighted by molar-refractivity contribution is 6.03. The minimum atomic E-state index is -4.49. The van der Waals surface area contributed by atoms with Gasteiger partial charge in [-0.1, -0.05) is 0 Å². The quantitative estimate of drug-likeness (QED) is 0.723. The van der Waals surface area contributed by atoms with E-state index in [9.17, 15) is 18.0 Å². The Hall–Kier alpha value is -1.98. The van der Waals surface area contributed by atoms with Crippen molar-refractivity contribution < 1.29 is 27.1 Å². The Labute approximate surface area is 93.8 Å². The predicted molar refractivity (Wildman–Crippen MR) is 52.6 cm³/mol. The lowest BCUT2D eigenvalue weighted by Crippen LogP contribution is -2.08. The zero-order valence-electron chi connectivity index (χ0n) is 8.67. The van der Waals surface area contributed by atoms with Gasteiger partial charge in [0.15, 0.2) is 0 Å². The summed E-state index contributed by atoms with van der Waals surface area (Å²) in [5.41, 5.74) is -0.985. The average molecular weight is 244 g/mol. The summed E-state index contributed by atoms with van der Waals surface area (Å²) < 4.78 is 47.3. The molecule has 0 saturated carbocycles. The van der Waals surface area contributed by atoms with Crippen LogP contribution >= 0.6 is 0 Å². The van der Waals surface area contributed by atoms with E-state index in [0.29, 0.717) is 0 Å². The van der Waals surface area contributed by atoms with Gasteiger partial charge in [-0.2, -0.15) is 13.2 Å². The van der Waals surface area contributed by atoms with Crippen LogP contribution in [0.3, 0.4) is 0 Å². The summed E-state index contributed by atoms with van der Waals surface area (Å²) in [4.78, 5) is 11.3. The number of ether oxygens (including phenoxy) is 1. The number of rotatable bonds is 1. The third-order valence-electron chi connectivity index (χ3n) is 2.33. The molecule has 0 bridgehead atoms. The van der Waals surface area contributed by atoms with Crippen LogP contribution in [0.5, 0.6) is 0 Å². The molecule has 90 valence electrons. The summed E-state index contributed by atoms with van der Waals surface area (Å²) in [6.07, 6.45) is -3.39. The van der Waals surface area contributed by atoms with E-state index in [0.717, 1.165) is 25.5 Å². The minimum Gasteiger partial charge on any atom is -0.465 e. The smallest absolute Gasteiger partial charge is 0.417 e. The van der Waals surface area contributed by atoms with E-state index >= 15 is 0 Å². The van der Waals surface area contributed by atoms with Crippen molar-refractivity contribution in [3.05, 3.63) is 35.6 Å². The van der Waals surface area contributed by atoms with Crippen LogP contribution in [0.1, 0.15) is 15.9 Å². The lowest BCUT2D eigenvalue weighted by molar-refractivity contribution is -0.136. The standard InChI is InChI=1S/C11H7F3O3/c1-16-10(15)7-2-3-8(11(12,13)14)6-4-5-17-9(6)7/h2-5H,1H3. The van der Waals surface area contributed by atoms with Crippen molar-refractivity contribution in [2.75, 3.05) is 7.11 Å². The van der Waals surface area contributed by atoms with Gasteiger partial charge in [-0.05, 0) is 18.2 Å². The molecule has 6 heteroatoms. The van der Waals surface area contributed by atoms with Crippen molar-refractivity contribution >= 4 is 16.9 Å². The lowest BCUT2D eigenvalue weighted by Gasteiger charge is -2.08. The van der Waals surface area contributed by atoms with E-state index in [1.165, 1.54) is 6.07 Å². The largest absolute Gasteiger partial charge is 0.465 e. The van der Waals surface area contributed by atoms with Gasteiger partial charge in [0.1, 0.15) is 11.1 Å². The van der Waals surface area contributed by atoms with Crippen LogP contribution in [0, 0.1) is 0 Å². The zero-order chi connectivity index (χ0) is 12.6. The van der Waals surface area contributed by atoms with Crippen LogP contribution in [0.25, 0.3) is 11.0 Å². The van der Waals surface area contributed by atoms with E-state index < -0.39 is 17.7 Å². The summed E-state index contributed by atoms with van der Waals surface area (Å²) >= 11 is 0. The van der Waals surface area contributed by atoms with Gasteiger partial charge in [-0.3, -0.25) is 0 Å². The van der Waals surface area contributed by atoms with Crippen molar-refractivity contribution in [3.8, 4) is 0 Å². The molecule has 0 unspecified atom stereocenters. The molecule has 0 amide bonds. The van der Waals surface area contributed by atoms with Crippen LogP contribution < -0.4 is 0 Å². The van der Waals surface area contributed by atoms with E-state index in [2.05, 4.69) is 4.74 Å². The summed E-state index contributed by atoms with van der Waals surface area (Å²) in [5, 5.41) is -0.152. The number of fused-ring (bicyclic) bond motifs is 1. The summed E-state index contributed by atoms with van der Waals surface area (Å²) in [6, 6.07) is 3.05. The van der Waals surface area contributed by atoms with Crippen LogP contribution in [-0.2, 0) is 10.9 Å². The van der Waals surface area contributed by atoms with E-state index in [-0.39, 0.29) is 16.5 Å². The first-order valence-corrected chi connectivity index (χ1v) is 4.61. The number of carbonyl (C=O) groups is 1. The Bertz CT molecular complexity index is 569. The van der Waals surface area contributed by atoms with Crippen LogP contribution in [0.15, 0.2) is 28.9 Å². The predicted octanol–water partition coefficient (Wildman–Crippen LogP) is 3.24. The number of esters is 1. The molecule has 0 aliphatic heterocycles. The van der Waals surface area contributed by atoms with Gasteiger partial charge in [-0.15, -0.1) is 0 Å². The number of hydrogen-bond acceptors (Lipinski definition) is 3. The summed E-state index contributed by atoms with van der Waals surface area (Å²) in [6.45, 7) is 0. The SMILES string of the molecule is COC(=O)c1ccc(C(F)(F)F)c2ccoc12. The second-order valence-electron chi connectivity index (χ2n) is 3.31. The fourth-order valence-corrected chi connectivity index (χ4v) is 1.58. The molecule has 0 fully saturated rings. The lowest BCUT2D eigenvalue weighted by atomic mass is 10.1. The number of methoxy groups -OCH3 is 1.